The zero-order chi connectivity index (χ0) is 18.0. The molecule has 25 heavy (non-hydrogen) atoms. The van der Waals surface area contributed by atoms with Crippen molar-refractivity contribution in [2.75, 3.05) is 47.4 Å². The first-order valence-corrected chi connectivity index (χ1v) is 8.20. The van der Waals surface area contributed by atoms with Crippen LogP contribution in [0.1, 0.15) is 10.5 Å². The van der Waals surface area contributed by atoms with E-state index in [4.69, 9.17) is 4.74 Å². The third-order valence-corrected chi connectivity index (χ3v) is 4.34. The first-order chi connectivity index (χ1) is 12.0. The van der Waals surface area contributed by atoms with Crippen molar-refractivity contribution in [2.45, 2.75) is 0 Å². The molecule has 7 heteroatoms. The first kappa shape index (κ1) is 17.0. The Labute approximate surface area is 146 Å². The van der Waals surface area contributed by atoms with Crippen LogP contribution in [0.4, 0.5) is 4.79 Å². The number of nitrogens with zero attached hydrogens (tertiary/aromatic N) is 4. The highest BCUT2D eigenvalue weighted by Crippen LogP contribution is 2.24. The monoisotopic (exact) mass is 342 g/mol. The van der Waals surface area contributed by atoms with Crippen LogP contribution >= 0.6 is 0 Å². The third kappa shape index (κ3) is 3.35. The number of hydrogen-bond acceptors (Lipinski definition) is 4. The minimum absolute atomic E-state index is 0.0300. The van der Waals surface area contributed by atoms with Crippen LogP contribution in [0.5, 0.6) is 5.88 Å². The second-order valence-electron chi connectivity index (χ2n) is 6.19. The molecule has 2 aromatic rings. The second-order valence-corrected chi connectivity index (χ2v) is 6.19. The highest BCUT2D eigenvalue weighted by Gasteiger charge is 2.26. The molecule has 1 aromatic carbocycles. The normalized spacial score (nSPS) is 14.5. The second kappa shape index (κ2) is 6.96. The molecule has 1 saturated heterocycles. The summed E-state index contributed by atoms with van der Waals surface area (Å²) < 4.78 is 5.34. The number of rotatable bonds is 2. The Morgan fingerprint density at radius 3 is 2.36 bits per heavy atom. The predicted molar refractivity (Wildman–Crippen MR) is 94.9 cm³/mol. The zero-order valence-corrected chi connectivity index (χ0v) is 14.7. The van der Waals surface area contributed by atoms with Gasteiger partial charge in [-0.3, -0.25) is 4.79 Å². The summed E-state index contributed by atoms with van der Waals surface area (Å²) in [5.41, 5.74) is 0.364. The summed E-state index contributed by atoms with van der Waals surface area (Å²) in [5, 5.41) is 1.79. The average molecular weight is 342 g/mol. The Morgan fingerprint density at radius 1 is 1.08 bits per heavy atom. The number of carbonyl (C=O) groups is 2. The molecule has 1 fully saturated rings. The standard InChI is InChI=1S/C18H22N4O3/c1-20(2)18(24)22-10-8-21(9-11-22)17(23)15-12-13-6-4-5-7-14(13)16(19-15)25-3/h4-7,12H,8-11H2,1-3H3. The van der Waals surface area contributed by atoms with Crippen LogP contribution in [0.2, 0.25) is 0 Å². The van der Waals surface area contributed by atoms with Crippen molar-refractivity contribution in [3.05, 3.63) is 36.0 Å². The van der Waals surface area contributed by atoms with Gasteiger partial charge in [-0.05, 0) is 17.5 Å². The molecular formula is C18H22N4O3. The summed E-state index contributed by atoms with van der Waals surface area (Å²) in [5.74, 6) is 0.309. The van der Waals surface area contributed by atoms with Crippen LogP contribution in [0.3, 0.4) is 0 Å². The fraction of sp³-hybridized carbons (Fsp3) is 0.389. The number of ether oxygens (including phenoxy) is 1. The lowest BCUT2D eigenvalue weighted by molar-refractivity contribution is 0.0644. The van der Waals surface area contributed by atoms with Gasteiger partial charge in [0.2, 0.25) is 5.88 Å². The summed E-state index contributed by atoms with van der Waals surface area (Å²) in [6, 6.07) is 9.44. The molecule has 0 aliphatic carbocycles. The Morgan fingerprint density at radius 2 is 1.72 bits per heavy atom. The van der Waals surface area contributed by atoms with Crippen molar-refractivity contribution in [3.8, 4) is 5.88 Å². The Balaban J connectivity index is 1.78. The fourth-order valence-corrected chi connectivity index (χ4v) is 2.98. The van der Waals surface area contributed by atoms with E-state index >= 15 is 0 Å². The first-order valence-electron chi connectivity index (χ1n) is 8.20. The van der Waals surface area contributed by atoms with Crippen molar-refractivity contribution in [2.24, 2.45) is 0 Å². The summed E-state index contributed by atoms with van der Waals surface area (Å²) in [6.45, 7) is 2.03. The Kier molecular flexibility index (Phi) is 4.74. The van der Waals surface area contributed by atoms with Crippen LogP contribution in [0.15, 0.2) is 30.3 Å². The molecule has 0 radical (unpaired) electrons. The van der Waals surface area contributed by atoms with Crippen molar-refractivity contribution in [1.29, 1.82) is 0 Å². The maximum absolute atomic E-state index is 12.8. The van der Waals surface area contributed by atoms with Gasteiger partial charge in [0.15, 0.2) is 0 Å². The zero-order valence-electron chi connectivity index (χ0n) is 14.7. The van der Waals surface area contributed by atoms with Gasteiger partial charge in [0.25, 0.3) is 5.91 Å². The molecule has 132 valence electrons. The molecule has 1 aliphatic heterocycles. The number of benzene rings is 1. The van der Waals surface area contributed by atoms with Crippen molar-refractivity contribution in [3.63, 3.8) is 0 Å². The topological polar surface area (TPSA) is 66.0 Å². The maximum Gasteiger partial charge on any atom is 0.319 e. The number of fused-ring (bicyclic) bond motifs is 1. The van der Waals surface area contributed by atoms with Gasteiger partial charge in [-0.2, -0.15) is 0 Å². The fourth-order valence-electron chi connectivity index (χ4n) is 2.98. The number of piperazine rings is 1. The maximum atomic E-state index is 12.8. The van der Waals surface area contributed by atoms with E-state index in [9.17, 15) is 9.59 Å². The quantitative estimate of drug-likeness (QED) is 0.833. The molecule has 0 N–H and O–H groups in total. The van der Waals surface area contributed by atoms with E-state index in [1.165, 1.54) is 0 Å². The van der Waals surface area contributed by atoms with Crippen molar-refractivity contribution >= 4 is 22.7 Å². The minimum atomic E-state index is -0.138. The van der Waals surface area contributed by atoms with E-state index < -0.39 is 0 Å². The summed E-state index contributed by atoms with van der Waals surface area (Å²) in [6.07, 6.45) is 0. The van der Waals surface area contributed by atoms with Gasteiger partial charge in [-0.1, -0.05) is 18.2 Å². The molecule has 1 aromatic heterocycles. The Bertz CT molecular complexity index is 798. The predicted octanol–water partition coefficient (Wildman–Crippen LogP) is 1.68. The summed E-state index contributed by atoms with van der Waals surface area (Å²) >= 11 is 0. The van der Waals surface area contributed by atoms with E-state index in [1.54, 1.807) is 42.0 Å². The highest BCUT2D eigenvalue weighted by atomic mass is 16.5. The molecule has 7 nitrogen and oxygen atoms in total. The molecule has 0 bridgehead atoms. The number of pyridine rings is 1. The van der Waals surface area contributed by atoms with E-state index in [1.807, 2.05) is 24.3 Å². The molecule has 0 saturated carbocycles. The van der Waals surface area contributed by atoms with Crippen LogP contribution in [-0.4, -0.2) is 79.0 Å². The molecule has 3 amide bonds. The van der Waals surface area contributed by atoms with E-state index in [0.29, 0.717) is 37.8 Å². The minimum Gasteiger partial charge on any atom is -0.481 e. The SMILES string of the molecule is COc1nc(C(=O)N2CCN(C(=O)N(C)C)CC2)cc2ccccc12. The molecule has 2 heterocycles. The summed E-state index contributed by atoms with van der Waals surface area (Å²) in [4.78, 5) is 34.2. The third-order valence-electron chi connectivity index (χ3n) is 4.34. The van der Waals surface area contributed by atoms with Gasteiger partial charge in [-0.25, -0.2) is 9.78 Å². The summed E-state index contributed by atoms with van der Waals surface area (Å²) in [7, 11) is 5.00. The lowest BCUT2D eigenvalue weighted by Crippen LogP contribution is -2.53. The molecule has 0 spiro atoms. The molecule has 1 aliphatic rings. The Hall–Kier alpha value is -2.83. The van der Waals surface area contributed by atoms with Gasteiger partial charge in [0, 0.05) is 45.7 Å². The van der Waals surface area contributed by atoms with E-state index in [0.717, 1.165) is 10.8 Å². The van der Waals surface area contributed by atoms with Crippen molar-refractivity contribution in [1.82, 2.24) is 19.7 Å². The van der Waals surface area contributed by atoms with Crippen LogP contribution in [0, 0.1) is 0 Å². The molecular weight excluding hydrogens is 320 g/mol. The van der Waals surface area contributed by atoms with Crippen LogP contribution < -0.4 is 4.74 Å². The molecule has 3 rings (SSSR count). The molecule has 0 unspecified atom stereocenters. The number of urea groups is 1. The number of methoxy groups -OCH3 is 1. The smallest absolute Gasteiger partial charge is 0.319 e. The number of hydrogen-bond donors (Lipinski definition) is 0. The van der Waals surface area contributed by atoms with E-state index in [-0.39, 0.29) is 11.9 Å². The van der Waals surface area contributed by atoms with Crippen molar-refractivity contribution < 1.29 is 14.3 Å². The number of aromatic nitrogens is 1. The average Bonchev–Trinajstić information content (AvgIpc) is 2.65. The highest BCUT2D eigenvalue weighted by molar-refractivity contribution is 5.98. The number of carbonyl (C=O) groups excluding carboxylic acids is 2. The molecule has 0 atom stereocenters. The van der Waals surface area contributed by atoms with E-state index in [2.05, 4.69) is 4.98 Å². The van der Waals surface area contributed by atoms with Gasteiger partial charge in [-0.15, -0.1) is 0 Å². The van der Waals surface area contributed by atoms with Crippen LogP contribution in [-0.2, 0) is 0 Å². The number of amides is 3. The van der Waals surface area contributed by atoms with Gasteiger partial charge >= 0.3 is 6.03 Å². The van der Waals surface area contributed by atoms with Gasteiger partial charge in [0.05, 0.1) is 7.11 Å². The van der Waals surface area contributed by atoms with Gasteiger partial charge < -0.3 is 19.4 Å². The van der Waals surface area contributed by atoms with Gasteiger partial charge in [0.1, 0.15) is 5.69 Å². The van der Waals surface area contributed by atoms with Crippen LogP contribution in [0.25, 0.3) is 10.8 Å². The lowest BCUT2D eigenvalue weighted by atomic mass is 10.1. The largest absolute Gasteiger partial charge is 0.481 e. The lowest BCUT2D eigenvalue weighted by Gasteiger charge is -2.35.